The third-order valence-electron chi connectivity index (χ3n) is 6.62. The van der Waals surface area contributed by atoms with Crippen LogP contribution in [0.3, 0.4) is 0 Å². The Hall–Kier alpha value is -3.43. The van der Waals surface area contributed by atoms with Gasteiger partial charge in [0.25, 0.3) is 0 Å². The molecule has 9 nitrogen and oxygen atoms in total. The van der Waals surface area contributed by atoms with Crippen LogP contribution in [0, 0.1) is 11.3 Å². The average molecular weight is 555 g/mol. The van der Waals surface area contributed by atoms with E-state index in [4.69, 9.17) is 4.74 Å². The van der Waals surface area contributed by atoms with Crippen LogP contribution in [-0.4, -0.2) is 72.3 Å². The maximum Gasteiger partial charge on any atom is 0.244 e. The van der Waals surface area contributed by atoms with Crippen molar-refractivity contribution in [2.45, 2.75) is 16.2 Å². The Labute approximate surface area is 224 Å². The van der Waals surface area contributed by atoms with Gasteiger partial charge in [0.1, 0.15) is 11.8 Å². The molecule has 1 aliphatic heterocycles. The lowest BCUT2D eigenvalue weighted by Gasteiger charge is -2.36. The number of nitrogens with zero attached hydrogens (tertiary/aromatic N) is 4. The molecule has 3 aromatic carbocycles. The highest BCUT2D eigenvalue weighted by atomic mass is 32.2. The van der Waals surface area contributed by atoms with Crippen molar-refractivity contribution in [1.29, 1.82) is 5.26 Å². The van der Waals surface area contributed by atoms with Crippen molar-refractivity contribution in [2.75, 3.05) is 51.8 Å². The zero-order valence-corrected chi connectivity index (χ0v) is 23.0. The molecule has 1 saturated heterocycles. The van der Waals surface area contributed by atoms with Gasteiger partial charge in [0.05, 0.1) is 28.2 Å². The van der Waals surface area contributed by atoms with Crippen molar-refractivity contribution in [3.8, 4) is 11.8 Å². The Balaban J connectivity index is 1.51. The third kappa shape index (κ3) is 5.68. The molecule has 3 aromatic rings. The van der Waals surface area contributed by atoms with E-state index in [-0.39, 0.29) is 28.4 Å². The Morgan fingerprint density at radius 3 is 2.24 bits per heavy atom. The maximum atomic E-state index is 13.3. The van der Waals surface area contributed by atoms with Crippen LogP contribution in [0.15, 0.2) is 82.6 Å². The summed E-state index contributed by atoms with van der Waals surface area (Å²) in [6.07, 6.45) is 0.588. The Bertz CT molecular complexity index is 1530. The van der Waals surface area contributed by atoms with Gasteiger partial charge in [-0.2, -0.15) is 9.57 Å². The number of nitriles is 1. The van der Waals surface area contributed by atoms with Gasteiger partial charge in [-0.15, -0.1) is 0 Å². The van der Waals surface area contributed by atoms with Crippen molar-refractivity contribution in [3.63, 3.8) is 0 Å². The van der Waals surface area contributed by atoms with Gasteiger partial charge in [0, 0.05) is 39.8 Å². The third-order valence-corrected chi connectivity index (χ3v) is 10.4. The minimum absolute atomic E-state index is 0.0137. The van der Waals surface area contributed by atoms with Crippen molar-refractivity contribution in [3.05, 3.63) is 83.9 Å². The number of sulfonamides is 2. The van der Waals surface area contributed by atoms with E-state index in [0.717, 1.165) is 5.56 Å². The summed E-state index contributed by atoms with van der Waals surface area (Å²) < 4.78 is 61.3. The summed E-state index contributed by atoms with van der Waals surface area (Å²) >= 11 is 0. The van der Waals surface area contributed by atoms with E-state index in [9.17, 15) is 22.1 Å². The molecule has 0 radical (unpaired) electrons. The number of ether oxygens (including phenoxy) is 1. The molecule has 0 N–H and O–H groups in total. The molecule has 38 heavy (non-hydrogen) atoms. The number of hydrogen-bond acceptors (Lipinski definition) is 7. The number of methoxy groups -OCH3 is 1. The number of hydrogen-bond donors (Lipinski definition) is 0. The van der Waals surface area contributed by atoms with Crippen LogP contribution in [0.25, 0.3) is 0 Å². The topological polar surface area (TPSA) is 111 Å². The van der Waals surface area contributed by atoms with E-state index in [1.54, 1.807) is 31.3 Å². The highest BCUT2D eigenvalue weighted by molar-refractivity contribution is 7.89. The SMILES string of the molecule is COc1ccc(S(=O)(=O)N(C)CCc2ccccc2)cc1N1CCN(S(=O)(=O)c2ccccc2C#N)CC1. The fourth-order valence-electron chi connectivity index (χ4n) is 4.40. The van der Waals surface area contributed by atoms with Crippen molar-refractivity contribution < 1.29 is 21.6 Å². The van der Waals surface area contributed by atoms with E-state index in [1.165, 1.54) is 33.9 Å². The van der Waals surface area contributed by atoms with E-state index < -0.39 is 20.0 Å². The molecule has 1 fully saturated rings. The van der Waals surface area contributed by atoms with Gasteiger partial charge in [-0.1, -0.05) is 42.5 Å². The minimum Gasteiger partial charge on any atom is -0.495 e. The molecular formula is C27H30N4O5S2. The molecular weight excluding hydrogens is 524 g/mol. The second kappa shape index (κ2) is 11.5. The number of benzene rings is 3. The highest BCUT2D eigenvalue weighted by Gasteiger charge is 2.32. The molecule has 0 amide bonds. The zero-order chi connectivity index (χ0) is 27.3. The van der Waals surface area contributed by atoms with Gasteiger partial charge >= 0.3 is 0 Å². The lowest BCUT2D eigenvalue weighted by atomic mass is 10.2. The average Bonchev–Trinajstić information content (AvgIpc) is 2.96. The van der Waals surface area contributed by atoms with E-state index in [1.807, 2.05) is 41.3 Å². The monoisotopic (exact) mass is 554 g/mol. The molecule has 0 unspecified atom stereocenters. The molecule has 1 heterocycles. The smallest absolute Gasteiger partial charge is 0.244 e. The molecule has 0 aromatic heterocycles. The van der Waals surface area contributed by atoms with E-state index >= 15 is 0 Å². The van der Waals surface area contributed by atoms with Crippen molar-refractivity contribution in [2.24, 2.45) is 0 Å². The molecule has 200 valence electrons. The summed E-state index contributed by atoms with van der Waals surface area (Å²) in [6, 6.07) is 22.5. The van der Waals surface area contributed by atoms with Crippen LogP contribution in [0.5, 0.6) is 5.75 Å². The van der Waals surface area contributed by atoms with Gasteiger partial charge in [0.2, 0.25) is 20.0 Å². The minimum atomic E-state index is -3.85. The summed E-state index contributed by atoms with van der Waals surface area (Å²) in [5, 5.41) is 9.34. The van der Waals surface area contributed by atoms with Crippen molar-refractivity contribution >= 4 is 25.7 Å². The van der Waals surface area contributed by atoms with Crippen LogP contribution in [0.2, 0.25) is 0 Å². The predicted octanol–water partition coefficient (Wildman–Crippen LogP) is 2.94. The largest absolute Gasteiger partial charge is 0.495 e. The first-order chi connectivity index (χ1) is 18.2. The van der Waals surface area contributed by atoms with Gasteiger partial charge < -0.3 is 9.64 Å². The number of rotatable bonds is 9. The Morgan fingerprint density at radius 1 is 0.921 bits per heavy atom. The molecule has 1 aliphatic rings. The van der Waals surface area contributed by atoms with Gasteiger partial charge in [-0.25, -0.2) is 21.1 Å². The molecule has 4 rings (SSSR count). The van der Waals surface area contributed by atoms with Crippen LogP contribution in [0.1, 0.15) is 11.1 Å². The van der Waals surface area contributed by atoms with E-state index in [2.05, 4.69) is 0 Å². The van der Waals surface area contributed by atoms with Crippen LogP contribution in [0.4, 0.5) is 5.69 Å². The number of likely N-dealkylation sites (N-methyl/N-ethyl adjacent to an activating group) is 1. The molecule has 0 atom stereocenters. The van der Waals surface area contributed by atoms with Gasteiger partial charge in [-0.3, -0.25) is 0 Å². The molecule has 11 heteroatoms. The van der Waals surface area contributed by atoms with Gasteiger partial charge in [0.15, 0.2) is 0 Å². The first-order valence-electron chi connectivity index (χ1n) is 12.1. The standard InChI is InChI=1S/C27H30N4O5S2/c1-29(15-14-22-8-4-3-5-9-22)37(32,33)24-12-13-26(36-2)25(20-24)30-16-18-31(19-17-30)38(34,35)27-11-7-6-10-23(27)21-28/h3-13,20H,14-19H2,1-2H3. The predicted molar refractivity (Wildman–Crippen MR) is 145 cm³/mol. The summed E-state index contributed by atoms with van der Waals surface area (Å²) in [4.78, 5) is 2.05. The molecule has 0 saturated carbocycles. The molecule has 0 aliphatic carbocycles. The fraction of sp³-hybridized carbons (Fsp3) is 0.296. The first kappa shape index (κ1) is 27.6. The molecule has 0 spiro atoms. The van der Waals surface area contributed by atoms with Crippen LogP contribution in [-0.2, 0) is 26.5 Å². The second-order valence-corrected chi connectivity index (χ2v) is 12.8. The van der Waals surface area contributed by atoms with Crippen LogP contribution < -0.4 is 9.64 Å². The fourth-order valence-corrected chi connectivity index (χ4v) is 7.16. The summed E-state index contributed by atoms with van der Waals surface area (Å²) in [6.45, 7) is 1.35. The summed E-state index contributed by atoms with van der Waals surface area (Å²) in [5.74, 6) is 0.502. The maximum absolute atomic E-state index is 13.3. The van der Waals surface area contributed by atoms with Crippen LogP contribution >= 0.6 is 0 Å². The van der Waals surface area contributed by atoms with Gasteiger partial charge in [-0.05, 0) is 42.3 Å². The highest BCUT2D eigenvalue weighted by Crippen LogP contribution is 2.33. The summed E-state index contributed by atoms with van der Waals surface area (Å²) in [7, 11) is -4.53. The number of piperazine rings is 1. The number of anilines is 1. The quantitative estimate of drug-likeness (QED) is 0.400. The van der Waals surface area contributed by atoms with E-state index in [0.29, 0.717) is 37.5 Å². The molecule has 0 bridgehead atoms. The summed E-state index contributed by atoms with van der Waals surface area (Å²) in [5.41, 5.74) is 1.74. The Kier molecular flexibility index (Phi) is 8.38. The van der Waals surface area contributed by atoms with Crippen molar-refractivity contribution in [1.82, 2.24) is 8.61 Å². The lowest BCUT2D eigenvalue weighted by Crippen LogP contribution is -2.48. The zero-order valence-electron chi connectivity index (χ0n) is 21.3. The normalized spacial score (nSPS) is 14.8. The Morgan fingerprint density at radius 2 is 1.58 bits per heavy atom. The second-order valence-electron chi connectivity index (χ2n) is 8.89. The lowest BCUT2D eigenvalue weighted by molar-refractivity contribution is 0.378. The first-order valence-corrected chi connectivity index (χ1v) is 15.0.